The molecule has 0 spiro atoms. The maximum Gasteiger partial charge on any atom is 0.413 e. The highest BCUT2D eigenvalue weighted by Crippen LogP contribution is 1.94. The predicted molar refractivity (Wildman–Crippen MR) is 35.6 cm³/mol. The monoisotopic (exact) mass is 156 g/mol. The Morgan fingerprint density at radius 1 is 1.64 bits per heavy atom. The number of amides is 2. The molecule has 60 valence electrons. The molecule has 0 radical (unpaired) electrons. The maximum atomic E-state index is 10.7. The normalized spacial score (nSPS) is 8.36. The first-order valence-electron chi connectivity index (χ1n) is 2.96. The molecule has 5 heteroatoms. The first-order chi connectivity index (χ1) is 5.09. The molecule has 0 atom stereocenters. The molecular weight excluding hydrogens is 148 g/mol. The zero-order valence-corrected chi connectivity index (χ0v) is 6.07. The standard InChI is InChI=1S/C6H8N2O3/c1-8(6(10)11)5(9)3-2-4-7/h2-3H2,1H3,(H,10,11). The van der Waals surface area contributed by atoms with Gasteiger partial charge in [-0.1, -0.05) is 0 Å². The van der Waals surface area contributed by atoms with Crippen molar-refractivity contribution < 1.29 is 14.7 Å². The van der Waals surface area contributed by atoms with E-state index in [4.69, 9.17) is 10.4 Å². The summed E-state index contributed by atoms with van der Waals surface area (Å²) in [6.45, 7) is 0. The van der Waals surface area contributed by atoms with E-state index in [1.807, 2.05) is 0 Å². The van der Waals surface area contributed by atoms with E-state index >= 15 is 0 Å². The second kappa shape index (κ2) is 4.28. The van der Waals surface area contributed by atoms with Gasteiger partial charge >= 0.3 is 6.09 Å². The van der Waals surface area contributed by atoms with Crippen molar-refractivity contribution in [2.75, 3.05) is 7.05 Å². The van der Waals surface area contributed by atoms with Crippen LogP contribution in [0.1, 0.15) is 12.8 Å². The van der Waals surface area contributed by atoms with Crippen LogP contribution in [0, 0.1) is 11.3 Å². The molecule has 0 aromatic rings. The number of nitriles is 1. The summed E-state index contributed by atoms with van der Waals surface area (Å²) >= 11 is 0. The highest BCUT2D eigenvalue weighted by Gasteiger charge is 2.13. The van der Waals surface area contributed by atoms with Gasteiger partial charge in [0.05, 0.1) is 6.07 Å². The number of rotatable bonds is 2. The Bertz CT molecular complexity index is 206. The lowest BCUT2D eigenvalue weighted by Crippen LogP contribution is -2.31. The van der Waals surface area contributed by atoms with Gasteiger partial charge in [0.25, 0.3) is 0 Å². The Kier molecular flexibility index (Phi) is 3.67. The van der Waals surface area contributed by atoms with Crippen LogP contribution in [0.2, 0.25) is 0 Å². The van der Waals surface area contributed by atoms with E-state index in [0.717, 1.165) is 7.05 Å². The predicted octanol–water partition coefficient (Wildman–Crippen LogP) is 0.427. The minimum Gasteiger partial charge on any atom is -0.465 e. The van der Waals surface area contributed by atoms with Gasteiger partial charge in [-0.3, -0.25) is 9.69 Å². The third kappa shape index (κ3) is 3.20. The first kappa shape index (κ1) is 9.43. The summed E-state index contributed by atoms with van der Waals surface area (Å²) in [5.74, 6) is -0.556. The molecular formula is C6H8N2O3. The Morgan fingerprint density at radius 2 is 2.18 bits per heavy atom. The highest BCUT2D eigenvalue weighted by molar-refractivity contribution is 5.90. The smallest absolute Gasteiger partial charge is 0.413 e. The fourth-order valence-corrected chi connectivity index (χ4v) is 0.437. The van der Waals surface area contributed by atoms with E-state index in [2.05, 4.69) is 0 Å². The Labute approximate surface area is 63.8 Å². The summed E-state index contributed by atoms with van der Waals surface area (Å²) in [7, 11) is 1.15. The number of carbonyl (C=O) groups is 2. The molecule has 0 aromatic carbocycles. The molecule has 0 aromatic heterocycles. The van der Waals surface area contributed by atoms with E-state index in [1.54, 1.807) is 6.07 Å². The maximum absolute atomic E-state index is 10.7. The summed E-state index contributed by atoms with van der Waals surface area (Å²) in [6, 6.07) is 1.75. The van der Waals surface area contributed by atoms with Gasteiger partial charge in [0.1, 0.15) is 0 Å². The lowest BCUT2D eigenvalue weighted by Gasteiger charge is -2.08. The number of imide groups is 1. The van der Waals surface area contributed by atoms with Crippen molar-refractivity contribution in [3.63, 3.8) is 0 Å². The van der Waals surface area contributed by atoms with E-state index in [1.165, 1.54) is 0 Å². The van der Waals surface area contributed by atoms with Crippen LogP contribution in [-0.4, -0.2) is 29.1 Å². The van der Waals surface area contributed by atoms with E-state index in [0.29, 0.717) is 4.90 Å². The summed E-state index contributed by atoms with van der Waals surface area (Å²) in [5, 5.41) is 16.3. The molecule has 0 fully saturated rings. The van der Waals surface area contributed by atoms with Crippen LogP contribution < -0.4 is 0 Å². The van der Waals surface area contributed by atoms with Gasteiger partial charge in [-0.2, -0.15) is 5.26 Å². The van der Waals surface area contributed by atoms with Crippen molar-refractivity contribution in [3.8, 4) is 6.07 Å². The number of carbonyl (C=O) groups excluding carboxylic acids is 1. The molecule has 0 aliphatic carbocycles. The summed E-state index contributed by atoms with van der Waals surface area (Å²) in [5.41, 5.74) is 0. The van der Waals surface area contributed by atoms with Gasteiger partial charge in [-0.05, 0) is 0 Å². The minimum absolute atomic E-state index is 0.0424. The Morgan fingerprint density at radius 3 is 2.55 bits per heavy atom. The van der Waals surface area contributed by atoms with Crippen LogP contribution >= 0.6 is 0 Å². The second-order valence-corrected chi connectivity index (χ2v) is 1.89. The summed E-state index contributed by atoms with van der Waals surface area (Å²) in [6.07, 6.45) is -1.29. The molecule has 11 heavy (non-hydrogen) atoms. The molecule has 0 saturated heterocycles. The van der Waals surface area contributed by atoms with Gasteiger partial charge in [-0.25, -0.2) is 4.79 Å². The molecule has 0 bridgehead atoms. The number of nitrogens with zero attached hydrogens (tertiary/aromatic N) is 2. The molecule has 2 amide bonds. The van der Waals surface area contributed by atoms with Crippen LogP contribution in [-0.2, 0) is 4.79 Å². The Balaban J connectivity index is 3.85. The lowest BCUT2D eigenvalue weighted by molar-refractivity contribution is -0.127. The van der Waals surface area contributed by atoms with E-state index in [9.17, 15) is 9.59 Å². The zero-order valence-electron chi connectivity index (χ0n) is 6.07. The van der Waals surface area contributed by atoms with Crippen LogP contribution in [0.3, 0.4) is 0 Å². The average Bonchev–Trinajstić information content (AvgIpc) is 1.98. The van der Waals surface area contributed by atoms with Crippen LogP contribution in [0.5, 0.6) is 0 Å². The van der Waals surface area contributed by atoms with Gasteiger partial charge < -0.3 is 5.11 Å². The number of hydrogen-bond donors (Lipinski definition) is 1. The van der Waals surface area contributed by atoms with Gasteiger partial charge in [-0.15, -0.1) is 0 Å². The van der Waals surface area contributed by atoms with Crippen LogP contribution in [0.4, 0.5) is 4.79 Å². The zero-order chi connectivity index (χ0) is 8.85. The highest BCUT2D eigenvalue weighted by atomic mass is 16.4. The van der Waals surface area contributed by atoms with Crippen molar-refractivity contribution in [1.29, 1.82) is 5.26 Å². The molecule has 1 N–H and O–H groups in total. The molecule has 0 unspecified atom stereocenters. The van der Waals surface area contributed by atoms with Gasteiger partial charge in [0.15, 0.2) is 0 Å². The van der Waals surface area contributed by atoms with Crippen molar-refractivity contribution in [1.82, 2.24) is 4.90 Å². The molecule has 0 heterocycles. The largest absolute Gasteiger partial charge is 0.465 e. The molecule has 0 aliphatic heterocycles. The summed E-state index contributed by atoms with van der Waals surface area (Å²) < 4.78 is 0. The Hall–Kier alpha value is -1.57. The molecule has 0 aliphatic rings. The number of carboxylic acid groups (broad SMARTS) is 1. The second-order valence-electron chi connectivity index (χ2n) is 1.89. The summed E-state index contributed by atoms with van der Waals surface area (Å²) in [4.78, 5) is 21.4. The molecule has 0 saturated carbocycles. The van der Waals surface area contributed by atoms with Crippen molar-refractivity contribution in [2.45, 2.75) is 12.8 Å². The van der Waals surface area contributed by atoms with Gasteiger partial charge in [0, 0.05) is 19.9 Å². The first-order valence-corrected chi connectivity index (χ1v) is 2.96. The average molecular weight is 156 g/mol. The van der Waals surface area contributed by atoms with E-state index in [-0.39, 0.29) is 12.8 Å². The van der Waals surface area contributed by atoms with Crippen LogP contribution in [0.25, 0.3) is 0 Å². The fourth-order valence-electron chi connectivity index (χ4n) is 0.437. The third-order valence-corrected chi connectivity index (χ3v) is 1.11. The van der Waals surface area contributed by atoms with E-state index < -0.39 is 12.0 Å². The topological polar surface area (TPSA) is 81.4 Å². The van der Waals surface area contributed by atoms with Crippen molar-refractivity contribution in [2.24, 2.45) is 0 Å². The van der Waals surface area contributed by atoms with Crippen molar-refractivity contribution >= 4 is 12.0 Å². The molecule has 0 rings (SSSR count). The van der Waals surface area contributed by atoms with Crippen molar-refractivity contribution in [3.05, 3.63) is 0 Å². The third-order valence-electron chi connectivity index (χ3n) is 1.11. The SMILES string of the molecule is CN(C(=O)O)C(=O)CCC#N. The fraction of sp³-hybridized carbons (Fsp3) is 0.500. The lowest BCUT2D eigenvalue weighted by atomic mass is 10.3. The molecule has 5 nitrogen and oxygen atoms in total. The van der Waals surface area contributed by atoms with Gasteiger partial charge in [0.2, 0.25) is 5.91 Å². The quantitative estimate of drug-likeness (QED) is 0.628. The minimum atomic E-state index is -1.30. The number of hydrogen-bond acceptors (Lipinski definition) is 3. The van der Waals surface area contributed by atoms with Crippen LogP contribution in [0.15, 0.2) is 0 Å².